The maximum Gasteiger partial charge on any atom is 0.253 e. The fraction of sp³-hybridized carbons (Fsp3) is 0.174. The first-order valence-electron chi connectivity index (χ1n) is 10.2. The molecule has 33 heavy (non-hydrogen) atoms. The van der Waals surface area contributed by atoms with Crippen molar-refractivity contribution in [3.63, 3.8) is 0 Å². The molecule has 1 aliphatic heterocycles. The number of hydrazine groups is 1. The summed E-state index contributed by atoms with van der Waals surface area (Å²) < 4.78 is 27.1. The molecule has 5 N–H and O–H groups in total. The standard InChI is InChI=1S/C23H21Cl2F2N5O/c24-15-5-1-14(2-6-15)22(33)30-23(28-19-10-16(25)9-18(27)11-19)29-21-12-20(31-32-21)13-3-7-17(26)8-4-13/h1-11,20-21,23,28-29,31-32H,12H2,(H,30,33). The number of benzene rings is 3. The van der Waals surface area contributed by atoms with Gasteiger partial charge in [0.25, 0.3) is 5.91 Å². The Kier molecular flexibility index (Phi) is 7.42. The minimum atomic E-state index is -0.780. The fourth-order valence-corrected chi connectivity index (χ4v) is 3.87. The van der Waals surface area contributed by atoms with Gasteiger partial charge in [-0.25, -0.2) is 19.6 Å². The topological polar surface area (TPSA) is 77.2 Å². The number of hydrogen-bond acceptors (Lipinski definition) is 5. The van der Waals surface area contributed by atoms with Crippen LogP contribution in [0.1, 0.15) is 28.4 Å². The smallest absolute Gasteiger partial charge is 0.253 e. The molecule has 1 amide bonds. The van der Waals surface area contributed by atoms with Crippen molar-refractivity contribution in [1.82, 2.24) is 21.5 Å². The lowest BCUT2D eigenvalue weighted by Crippen LogP contribution is -2.57. The minimum Gasteiger partial charge on any atom is -0.353 e. The second-order valence-corrected chi connectivity index (χ2v) is 8.44. The fourth-order valence-electron chi connectivity index (χ4n) is 3.52. The number of carbonyl (C=O) groups excluding carboxylic acids is 1. The highest BCUT2D eigenvalue weighted by atomic mass is 35.5. The van der Waals surface area contributed by atoms with Gasteiger partial charge in [0.2, 0.25) is 0 Å². The third-order valence-corrected chi connectivity index (χ3v) is 5.57. The monoisotopic (exact) mass is 491 g/mol. The summed E-state index contributed by atoms with van der Waals surface area (Å²) in [6.45, 7) is 0. The number of carbonyl (C=O) groups is 1. The van der Waals surface area contributed by atoms with Crippen LogP contribution < -0.4 is 26.8 Å². The van der Waals surface area contributed by atoms with Gasteiger partial charge >= 0.3 is 0 Å². The molecular formula is C23H21Cl2F2N5O. The lowest BCUT2D eigenvalue weighted by Gasteiger charge is -2.26. The van der Waals surface area contributed by atoms with E-state index in [1.807, 2.05) is 0 Å². The molecule has 6 nitrogen and oxygen atoms in total. The van der Waals surface area contributed by atoms with Crippen molar-refractivity contribution in [3.05, 3.63) is 99.5 Å². The molecule has 10 heteroatoms. The first-order chi connectivity index (χ1) is 15.9. The van der Waals surface area contributed by atoms with Gasteiger partial charge in [-0.2, -0.15) is 0 Å². The minimum absolute atomic E-state index is 0.0701. The number of hydrogen-bond donors (Lipinski definition) is 5. The van der Waals surface area contributed by atoms with E-state index in [0.717, 1.165) is 5.56 Å². The predicted octanol–water partition coefficient (Wildman–Crippen LogP) is 4.55. The number of halogens is 4. The molecule has 172 valence electrons. The van der Waals surface area contributed by atoms with Crippen LogP contribution in [0.5, 0.6) is 0 Å². The van der Waals surface area contributed by atoms with Gasteiger partial charge in [-0.1, -0.05) is 35.3 Å². The van der Waals surface area contributed by atoms with Crippen molar-refractivity contribution in [2.45, 2.75) is 24.9 Å². The van der Waals surface area contributed by atoms with E-state index in [-0.39, 0.29) is 29.0 Å². The van der Waals surface area contributed by atoms with Crippen molar-refractivity contribution in [2.75, 3.05) is 5.32 Å². The quantitative estimate of drug-likeness (QED) is 0.313. The number of rotatable bonds is 7. The molecule has 3 atom stereocenters. The van der Waals surface area contributed by atoms with Gasteiger partial charge in [-0.3, -0.25) is 10.1 Å². The number of amides is 1. The molecule has 0 aromatic heterocycles. The molecule has 0 saturated carbocycles. The summed E-state index contributed by atoms with van der Waals surface area (Å²) in [6, 6.07) is 16.6. The van der Waals surface area contributed by atoms with Gasteiger partial charge in [0.15, 0.2) is 6.29 Å². The third kappa shape index (κ3) is 6.40. The average Bonchev–Trinajstić information content (AvgIpc) is 3.22. The summed E-state index contributed by atoms with van der Waals surface area (Å²) in [5.74, 6) is -1.17. The van der Waals surface area contributed by atoms with Crippen molar-refractivity contribution >= 4 is 34.8 Å². The van der Waals surface area contributed by atoms with Gasteiger partial charge in [0.1, 0.15) is 11.6 Å². The summed E-state index contributed by atoms with van der Waals surface area (Å²) in [5.41, 5.74) is 7.98. The Balaban J connectivity index is 1.47. The Hall–Kier alpha value is -2.75. The molecule has 0 spiro atoms. The molecule has 1 heterocycles. The second kappa shape index (κ2) is 10.5. The maximum atomic E-state index is 13.8. The van der Waals surface area contributed by atoms with Crippen LogP contribution in [0.15, 0.2) is 66.7 Å². The van der Waals surface area contributed by atoms with Crippen molar-refractivity contribution in [1.29, 1.82) is 0 Å². The third-order valence-electron chi connectivity index (χ3n) is 5.10. The van der Waals surface area contributed by atoms with Gasteiger partial charge in [-0.15, -0.1) is 0 Å². The highest BCUT2D eigenvalue weighted by Crippen LogP contribution is 2.22. The molecule has 4 rings (SSSR count). The first-order valence-corrected chi connectivity index (χ1v) is 10.9. The van der Waals surface area contributed by atoms with Gasteiger partial charge in [-0.05, 0) is 66.6 Å². The van der Waals surface area contributed by atoms with E-state index in [0.29, 0.717) is 22.7 Å². The molecular weight excluding hydrogens is 471 g/mol. The second-order valence-electron chi connectivity index (χ2n) is 7.56. The Morgan fingerprint density at radius 3 is 2.33 bits per heavy atom. The van der Waals surface area contributed by atoms with Crippen LogP contribution in [-0.4, -0.2) is 18.4 Å². The van der Waals surface area contributed by atoms with Crippen molar-refractivity contribution < 1.29 is 13.6 Å². The molecule has 3 aromatic carbocycles. The zero-order valence-electron chi connectivity index (χ0n) is 17.2. The van der Waals surface area contributed by atoms with E-state index in [1.54, 1.807) is 42.5 Å². The molecule has 0 aliphatic carbocycles. The summed E-state index contributed by atoms with van der Waals surface area (Å²) in [6.07, 6.45) is -0.450. The highest BCUT2D eigenvalue weighted by Gasteiger charge is 2.27. The van der Waals surface area contributed by atoms with E-state index in [4.69, 9.17) is 23.2 Å². The van der Waals surface area contributed by atoms with Gasteiger partial charge < -0.3 is 10.6 Å². The van der Waals surface area contributed by atoms with Crippen LogP contribution in [-0.2, 0) is 0 Å². The first kappa shape index (κ1) is 23.4. The van der Waals surface area contributed by atoms with Crippen LogP contribution in [0.2, 0.25) is 10.0 Å². The summed E-state index contributed by atoms with van der Waals surface area (Å²) in [7, 11) is 0. The molecule has 1 fully saturated rings. The molecule has 1 aliphatic rings. The molecule has 0 bridgehead atoms. The van der Waals surface area contributed by atoms with Crippen LogP contribution in [0, 0.1) is 11.6 Å². The summed E-state index contributed by atoms with van der Waals surface area (Å²) >= 11 is 11.9. The van der Waals surface area contributed by atoms with Crippen LogP contribution in [0.3, 0.4) is 0 Å². The largest absolute Gasteiger partial charge is 0.353 e. The molecule has 3 unspecified atom stereocenters. The van der Waals surface area contributed by atoms with Crippen molar-refractivity contribution in [3.8, 4) is 0 Å². The van der Waals surface area contributed by atoms with E-state index >= 15 is 0 Å². The molecule has 3 aromatic rings. The Labute approximate surface area is 199 Å². The maximum absolute atomic E-state index is 13.8. The summed E-state index contributed by atoms with van der Waals surface area (Å²) in [5, 5.41) is 9.87. The zero-order chi connectivity index (χ0) is 23.4. The SMILES string of the molecule is O=C(NC(Nc1cc(F)cc(Cl)c1)NC1CC(c2ccc(F)cc2)NN1)c1ccc(Cl)cc1. The van der Waals surface area contributed by atoms with E-state index < -0.39 is 12.1 Å². The highest BCUT2D eigenvalue weighted by molar-refractivity contribution is 6.31. The van der Waals surface area contributed by atoms with E-state index in [1.165, 1.54) is 24.3 Å². The zero-order valence-corrected chi connectivity index (χ0v) is 18.7. The van der Waals surface area contributed by atoms with Crippen molar-refractivity contribution in [2.24, 2.45) is 0 Å². The van der Waals surface area contributed by atoms with Crippen LogP contribution >= 0.6 is 23.2 Å². The van der Waals surface area contributed by atoms with Crippen LogP contribution in [0.25, 0.3) is 0 Å². The van der Waals surface area contributed by atoms with Crippen LogP contribution in [0.4, 0.5) is 14.5 Å². The summed E-state index contributed by atoms with van der Waals surface area (Å²) in [4.78, 5) is 12.8. The number of nitrogens with one attached hydrogen (secondary N) is 5. The Morgan fingerprint density at radius 1 is 0.909 bits per heavy atom. The predicted molar refractivity (Wildman–Crippen MR) is 125 cm³/mol. The average molecular weight is 492 g/mol. The van der Waals surface area contributed by atoms with Gasteiger partial charge in [0, 0.05) is 27.3 Å². The van der Waals surface area contributed by atoms with Gasteiger partial charge in [0.05, 0.1) is 6.17 Å². The lowest BCUT2D eigenvalue weighted by molar-refractivity contribution is 0.0931. The molecule has 1 saturated heterocycles. The molecule has 0 radical (unpaired) electrons. The van der Waals surface area contributed by atoms with E-state index in [2.05, 4.69) is 26.8 Å². The normalized spacial score (nSPS) is 18.7. The van der Waals surface area contributed by atoms with E-state index in [9.17, 15) is 13.6 Å². The lowest BCUT2D eigenvalue weighted by atomic mass is 10.0. The Bertz CT molecular complexity index is 1090. The number of anilines is 1. The Morgan fingerprint density at radius 2 is 1.64 bits per heavy atom.